The van der Waals surface area contributed by atoms with Crippen molar-refractivity contribution in [1.82, 2.24) is 0 Å². The molecule has 0 unspecified atom stereocenters. The summed E-state index contributed by atoms with van der Waals surface area (Å²) in [6, 6.07) is 6.52. The number of rotatable bonds is 12. The van der Waals surface area contributed by atoms with Crippen molar-refractivity contribution in [2.75, 3.05) is 0 Å². The summed E-state index contributed by atoms with van der Waals surface area (Å²) in [5.41, 5.74) is 1.13. The van der Waals surface area contributed by atoms with Crippen LogP contribution in [0.25, 0.3) is 0 Å². The van der Waals surface area contributed by atoms with Crippen LogP contribution in [-0.4, -0.2) is 42.5 Å². The first-order chi connectivity index (χ1) is 10.5. The minimum absolute atomic E-state index is 0. The van der Waals surface area contributed by atoms with Gasteiger partial charge in [0.1, 0.15) is 0 Å². The monoisotopic (exact) mass is 349 g/mol. The molecule has 127 valence electrons. The van der Waals surface area contributed by atoms with E-state index in [0.29, 0.717) is 0 Å². The Bertz CT molecular complexity index is 498. The SMILES string of the molecule is CCCCCCCCCCCCc1ccc(S(=O)(=O)O)cc1.[Na]. The summed E-state index contributed by atoms with van der Waals surface area (Å²) in [5, 5.41) is 0. The Kier molecular flexibility index (Phi) is 13.5. The minimum atomic E-state index is -4.06. The Hall–Kier alpha value is 0.130. The van der Waals surface area contributed by atoms with Crippen molar-refractivity contribution >= 4 is 39.7 Å². The maximum atomic E-state index is 10.9. The van der Waals surface area contributed by atoms with Gasteiger partial charge in [0.05, 0.1) is 4.90 Å². The molecule has 0 atom stereocenters. The molecule has 0 aliphatic heterocycles. The predicted molar refractivity (Wildman–Crippen MR) is 97.6 cm³/mol. The zero-order valence-corrected chi connectivity index (χ0v) is 17.6. The zero-order chi connectivity index (χ0) is 16.3. The molecule has 1 rings (SSSR count). The summed E-state index contributed by atoms with van der Waals surface area (Å²) in [6.45, 7) is 2.25. The van der Waals surface area contributed by atoms with E-state index in [-0.39, 0.29) is 34.5 Å². The first-order valence-electron chi connectivity index (χ1n) is 8.60. The average Bonchev–Trinajstić information content (AvgIpc) is 2.49. The first-order valence-corrected chi connectivity index (χ1v) is 10.0. The van der Waals surface area contributed by atoms with Gasteiger partial charge in [-0.05, 0) is 30.5 Å². The fourth-order valence-electron chi connectivity index (χ4n) is 2.64. The van der Waals surface area contributed by atoms with E-state index in [0.717, 1.165) is 18.4 Å². The molecule has 0 saturated heterocycles. The van der Waals surface area contributed by atoms with Gasteiger partial charge in [0.25, 0.3) is 10.1 Å². The van der Waals surface area contributed by atoms with E-state index >= 15 is 0 Å². The molecule has 23 heavy (non-hydrogen) atoms. The van der Waals surface area contributed by atoms with Crippen LogP contribution < -0.4 is 0 Å². The van der Waals surface area contributed by atoms with Gasteiger partial charge >= 0.3 is 0 Å². The fraction of sp³-hybridized carbons (Fsp3) is 0.667. The average molecular weight is 349 g/mol. The van der Waals surface area contributed by atoms with Gasteiger partial charge < -0.3 is 0 Å². The third kappa shape index (κ3) is 11.3. The summed E-state index contributed by atoms with van der Waals surface area (Å²) >= 11 is 0. The van der Waals surface area contributed by atoms with Gasteiger partial charge in [-0.3, -0.25) is 4.55 Å². The summed E-state index contributed by atoms with van der Waals surface area (Å²) in [4.78, 5) is -0.0284. The standard InChI is InChI=1S/C18H30O3S.Na/c1-2-3-4-5-6-7-8-9-10-11-12-17-13-15-18(16-14-17)22(19,20)21;/h13-16H,2-12H2,1H3,(H,19,20,21);. The van der Waals surface area contributed by atoms with Crippen LogP contribution in [0.1, 0.15) is 76.7 Å². The van der Waals surface area contributed by atoms with Crippen molar-refractivity contribution < 1.29 is 13.0 Å². The van der Waals surface area contributed by atoms with Crippen molar-refractivity contribution in [1.29, 1.82) is 0 Å². The van der Waals surface area contributed by atoms with Crippen LogP contribution in [0.15, 0.2) is 29.2 Å². The summed E-state index contributed by atoms with van der Waals surface area (Å²) < 4.78 is 30.8. The maximum absolute atomic E-state index is 10.9. The smallest absolute Gasteiger partial charge is 0.282 e. The molecule has 0 aliphatic carbocycles. The number of aryl methyl sites for hydroxylation is 1. The van der Waals surface area contributed by atoms with Crippen LogP contribution in [-0.2, 0) is 16.5 Å². The van der Waals surface area contributed by atoms with Crippen molar-refractivity contribution in [2.24, 2.45) is 0 Å². The number of hydrogen-bond acceptors (Lipinski definition) is 2. The van der Waals surface area contributed by atoms with Crippen molar-refractivity contribution in [3.63, 3.8) is 0 Å². The van der Waals surface area contributed by atoms with E-state index in [1.165, 1.54) is 69.9 Å². The molecular formula is C18H30NaO3S. The van der Waals surface area contributed by atoms with E-state index in [4.69, 9.17) is 4.55 Å². The van der Waals surface area contributed by atoms with Crippen molar-refractivity contribution in [2.45, 2.75) is 82.4 Å². The fourth-order valence-corrected chi connectivity index (χ4v) is 3.12. The quantitative estimate of drug-likeness (QED) is 0.328. The summed E-state index contributed by atoms with van der Waals surface area (Å²) in [6.07, 6.45) is 14.1. The molecule has 1 aromatic rings. The van der Waals surface area contributed by atoms with Crippen LogP contribution in [0.3, 0.4) is 0 Å². The second kappa shape index (κ2) is 13.4. The Balaban J connectivity index is 0.00000484. The van der Waals surface area contributed by atoms with Crippen LogP contribution >= 0.6 is 0 Å². The molecule has 0 amide bonds. The molecule has 1 aromatic carbocycles. The third-order valence-corrected chi connectivity index (χ3v) is 4.91. The molecule has 0 fully saturated rings. The number of benzene rings is 1. The molecule has 0 heterocycles. The largest absolute Gasteiger partial charge is 0.294 e. The molecule has 1 radical (unpaired) electrons. The second-order valence-corrected chi connectivity index (χ2v) is 7.47. The van der Waals surface area contributed by atoms with Gasteiger partial charge in [0.15, 0.2) is 0 Å². The van der Waals surface area contributed by atoms with Crippen LogP contribution in [0.5, 0.6) is 0 Å². The van der Waals surface area contributed by atoms with Crippen LogP contribution in [0.2, 0.25) is 0 Å². The van der Waals surface area contributed by atoms with Gasteiger partial charge in [-0.2, -0.15) is 8.42 Å². The summed E-state index contributed by atoms with van der Waals surface area (Å²) in [5.74, 6) is 0. The van der Waals surface area contributed by atoms with Gasteiger partial charge in [0, 0.05) is 29.6 Å². The molecule has 1 N–H and O–H groups in total. The van der Waals surface area contributed by atoms with E-state index in [1.54, 1.807) is 12.1 Å². The molecular weight excluding hydrogens is 319 g/mol. The zero-order valence-electron chi connectivity index (χ0n) is 14.8. The molecule has 0 bridgehead atoms. The van der Waals surface area contributed by atoms with Gasteiger partial charge in [-0.25, -0.2) is 0 Å². The van der Waals surface area contributed by atoms with E-state index in [9.17, 15) is 8.42 Å². The Labute approximate surface area is 164 Å². The number of hydrogen-bond donors (Lipinski definition) is 1. The number of unbranched alkanes of at least 4 members (excludes halogenated alkanes) is 9. The molecule has 0 saturated carbocycles. The van der Waals surface area contributed by atoms with Gasteiger partial charge in [-0.1, -0.05) is 76.8 Å². The maximum Gasteiger partial charge on any atom is 0.294 e. The van der Waals surface area contributed by atoms with Crippen LogP contribution in [0, 0.1) is 0 Å². The van der Waals surface area contributed by atoms with Crippen molar-refractivity contribution in [3.8, 4) is 0 Å². The topological polar surface area (TPSA) is 54.4 Å². The molecule has 5 heteroatoms. The Morgan fingerprint density at radius 2 is 1.22 bits per heavy atom. The molecule has 0 spiro atoms. The first kappa shape index (κ1) is 23.1. The van der Waals surface area contributed by atoms with E-state index in [1.807, 2.05) is 0 Å². The molecule has 0 aliphatic rings. The normalized spacial score (nSPS) is 11.2. The summed E-state index contributed by atoms with van der Waals surface area (Å²) in [7, 11) is -4.06. The van der Waals surface area contributed by atoms with E-state index in [2.05, 4.69) is 6.92 Å². The van der Waals surface area contributed by atoms with Crippen LogP contribution in [0.4, 0.5) is 0 Å². The second-order valence-electron chi connectivity index (χ2n) is 6.05. The minimum Gasteiger partial charge on any atom is -0.282 e. The van der Waals surface area contributed by atoms with Gasteiger partial charge in [0.2, 0.25) is 0 Å². The van der Waals surface area contributed by atoms with Gasteiger partial charge in [-0.15, -0.1) is 0 Å². The third-order valence-electron chi connectivity index (χ3n) is 4.04. The molecule has 0 aromatic heterocycles. The predicted octanol–water partition coefficient (Wildman–Crippen LogP) is 5.02. The Morgan fingerprint density at radius 1 is 0.783 bits per heavy atom. The Morgan fingerprint density at radius 3 is 1.65 bits per heavy atom. The molecule has 3 nitrogen and oxygen atoms in total. The van der Waals surface area contributed by atoms with Crippen molar-refractivity contribution in [3.05, 3.63) is 29.8 Å². The van der Waals surface area contributed by atoms with E-state index < -0.39 is 10.1 Å².